The molecule has 0 bridgehead atoms. The highest BCUT2D eigenvalue weighted by Gasteiger charge is 2.30. The molecular weight excluding hydrogens is 261 g/mol. The van der Waals surface area contributed by atoms with Crippen LogP contribution in [0.2, 0.25) is 0 Å². The van der Waals surface area contributed by atoms with E-state index in [0.717, 1.165) is 0 Å². The van der Waals surface area contributed by atoms with Crippen molar-refractivity contribution in [1.82, 2.24) is 0 Å². The third kappa shape index (κ3) is 4.61. The van der Waals surface area contributed by atoms with E-state index in [1.54, 1.807) is 18.2 Å². The fourth-order valence-electron chi connectivity index (χ4n) is 1.13. The van der Waals surface area contributed by atoms with E-state index in [-0.39, 0.29) is 35.6 Å². The minimum atomic E-state index is -4.30. The first-order valence-electron chi connectivity index (χ1n) is 4.24. The van der Waals surface area contributed by atoms with Gasteiger partial charge in [0.15, 0.2) is 0 Å². The van der Waals surface area contributed by atoms with Gasteiger partial charge in [-0.15, -0.1) is 12.4 Å². The monoisotopic (exact) mass is 272 g/mol. The van der Waals surface area contributed by atoms with E-state index >= 15 is 0 Å². The summed E-state index contributed by atoms with van der Waals surface area (Å²) in [6.45, 7) is 0.120. The number of nitrogens with two attached hydrogens (primary N) is 2. The number of rotatable bonds is 3. The van der Waals surface area contributed by atoms with Crippen LogP contribution < -0.4 is 11.5 Å². The molecule has 1 aromatic carbocycles. The average molecular weight is 273 g/mol. The van der Waals surface area contributed by atoms with E-state index in [4.69, 9.17) is 11.5 Å². The van der Waals surface area contributed by atoms with Crippen molar-refractivity contribution in [2.75, 3.05) is 6.54 Å². The first-order valence-corrected chi connectivity index (χ1v) is 5.06. The summed E-state index contributed by atoms with van der Waals surface area (Å²) in [5.41, 5.74) is 7.06. The highest BCUT2D eigenvalue weighted by atomic mass is 35.5. The summed E-state index contributed by atoms with van der Waals surface area (Å²) in [6, 6.07) is 5.58. The summed E-state index contributed by atoms with van der Waals surface area (Å²) in [7, 11) is 0. The SMILES string of the molecule is Cl.NC[C@H](N)c1ccccc1SC(F)(F)F. The maximum absolute atomic E-state index is 12.2. The second kappa shape index (κ2) is 6.34. The van der Waals surface area contributed by atoms with Crippen LogP contribution in [0.5, 0.6) is 0 Å². The molecule has 0 aromatic heterocycles. The molecular formula is C9H12ClF3N2S. The summed E-state index contributed by atoms with van der Waals surface area (Å²) >= 11 is -0.164. The van der Waals surface area contributed by atoms with E-state index in [1.165, 1.54) is 6.07 Å². The van der Waals surface area contributed by atoms with Gasteiger partial charge in [-0.25, -0.2) is 0 Å². The molecule has 1 atom stereocenters. The highest BCUT2D eigenvalue weighted by molar-refractivity contribution is 8.00. The Labute approximate surface area is 102 Å². The molecule has 0 amide bonds. The van der Waals surface area contributed by atoms with Crippen molar-refractivity contribution in [2.24, 2.45) is 11.5 Å². The number of hydrogen-bond acceptors (Lipinski definition) is 3. The van der Waals surface area contributed by atoms with Gasteiger partial charge >= 0.3 is 5.51 Å². The summed E-state index contributed by atoms with van der Waals surface area (Å²) in [5.74, 6) is 0. The molecule has 0 unspecified atom stereocenters. The molecule has 0 aliphatic carbocycles. The summed E-state index contributed by atoms with van der Waals surface area (Å²) in [5, 5.41) is 0. The van der Waals surface area contributed by atoms with Crippen LogP contribution in [-0.4, -0.2) is 12.1 Å². The van der Waals surface area contributed by atoms with Crippen LogP contribution >= 0.6 is 24.2 Å². The van der Waals surface area contributed by atoms with Gasteiger partial charge in [0.05, 0.1) is 0 Å². The summed E-state index contributed by atoms with van der Waals surface area (Å²) < 4.78 is 36.5. The Hall–Kier alpha value is -0.430. The first kappa shape index (κ1) is 15.6. The molecule has 0 fully saturated rings. The molecule has 0 heterocycles. The van der Waals surface area contributed by atoms with Crippen molar-refractivity contribution in [2.45, 2.75) is 16.4 Å². The zero-order valence-corrected chi connectivity index (χ0v) is 9.83. The van der Waals surface area contributed by atoms with Gasteiger partial charge < -0.3 is 11.5 Å². The molecule has 0 saturated heterocycles. The Morgan fingerprint density at radius 2 is 1.81 bits per heavy atom. The van der Waals surface area contributed by atoms with Gasteiger partial charge in [0.25, 0.3) is 0 Å². The number of halogens is 4. The van der Waals surface area contributed by atoms with Gasteiger partial charge in [-0.1, -0.05) is 18.2 Å². The van der Waals surface area contributed by atoms with Crippen molar-refractivity contribution in [1.29, 1.82) is 0 Å². The van der Waals surface area contributed by atoms with Crippen molar-refractivity contribution in [3.63, 3.8) is 0 Å². The molecule has 7 heteroatoms. The van der Waals surface area contributed by atoms with E-state index in [0.29, 0.717) is 5.56 Å². The maximum atomic E-state index is 12.2. The lowest BCUT2D eigenvalue weighted by Gasteiger charge is -2.15. The molecule has 0 spiro atoms. The van der Waals surface area contributed by atoms with Crippen LogP contribution in [0, 0.1) is 0 Å². The topological polar surface area (TPSA) is 52.0 Å². The third-order valence-electron chi connectivity index (χ3n) is 1.80. The fraction of sp³-hybridized carbons (Fsp3) is 0.333. The van der Waals surface area contributed by atoms with Crippen LogP contribution in [0.15, 0.2) is 29.2 Å². The predicted octanol–water partition coefficient (Wildman–Crippen LogP) is 2.68. The molecule has 16 heavy (non-hydrogen) atoms. The van der Waals surface area contributed by atoms with Crippen LogP contribution in [0.1, 0.15) is 11.6 Å². The Morgan fingerprint density at radius 3 is 2.31 bits per heavy atom. The highest BCUT2D eigenvalue weighted by Crippen LogP contribution is 2.39. The van der Waals surface area contributed by atoms with Gasteiger partial charge in [0.1, 0.15) is 0 Å². The van der Waals surface area contributed by atoms with E-state index in [2.05, 4.69) is 0 Å². The molecule has 1 rings (SSSR count). The lowest BCUT2D eigenvalue weighted by molar-refractivity contribution is -0.0328. The minimum Gasteiger partial charge on any atom is -0.329 e. The lowest BCUT2D eigenvalue weighted by atomic mass is 10.1. The van der Waals surface area contributed by atoms with Crippen LogP contribution in [-0.2, 0) is 0 Å². The Morgan fingerprint density at radius 1 is 1.25 bits per heavy atom. The fourth-order valence-corrected chi connectivity index (χ4v) is 1.86. The van der Waals surface area contributed by atoms with Crippen LogP contribution in [0.25, 0.3) is 0 Å². The Bertz CT molecular complexity index is 333. The Kier molecular flexibility index (Phi) is 6.17. The molecule has 2 nitrogen and oxygen atoms in total. The number of thioether (sulfide) groups is 1. The van der Waals surface area contributed by atoms with Crippen LogP contribution in [0.3, 0.4) is 0 Å². The van der Waals surface area contributed by atoms with Gasteiger partial charge in [-0.05, 0) is 23.4 Å². The number of benzene rings is 1. The molecule has 4 N–H and O–H groups in total. The largest absolute Gasteiger partial charge is 0.446 e. The van der Waals surface area contributed by atoms with Gasteiger partial charge in [-0.2, -0.15) is 13.2 Å². The van der Waals surface area contributed by atoms with E-state index in [9.17, 15) is 13.2 Å². The van der Waals surface area contributed by atoms with Crippen molar-refractivity contribution < 1.29 is 13.2 Å². The molecule has 92 valence electrons. The van der Waals surface area contributed by atoms with Crippen molar-refractivity contribution >= 4 is 24.2 Å². The number of alkyl halides is 3. The second-order valence-corrected chi connectivity index (χ2v) is 4.03. The number of hydrogen-bond donors (Lipinski definition) is 2. The van der Waals surface area contributed by atoms with Crippen molar-refractivity contribution in [3.05, 3.63) is 29.8 Å². The molecule has 0 aliphatic heterocycles. The van der Waals surface area contributed by atoms with Gasteiger partial charge in [-0.3, -0.25) is 0 Å². The predicted molar refractivity (Wildman–Crippen MR) is 61.6 cm³/mol. The summed E-state index contributed by atoms with van der Waals surface area (Å²) in [6.07, 6.45) is 0. The van der Waals surface area contributed by atoms with E-state index in [1.807, 2.05) is 0 Å². The van der Waals surface area contributed by atoms with E-state index < -0.39 is 11.6 Å². The van der Waals surface area contributed by atoms with Crippen LogP contribution in [0.4, 0.5) is 13.2 Å². The Balaban J connectivity index is 0.00000225. The quantitative estimate of drug-likeness (QED) is 0.832. The minimum absolute atomic E-state index is 0. The molecule has 0 aliphatic rings. The van der Waals surface area contributed by atoms with Gasteiger partial charge in [0.2, 0.25) is 0 Å². The standard InChI is InChI=1S/C9H11F3N2S.ClH/c10-9(11,12)15-8-4-2-1-3-6(8)7(14)5-13;/h1-4,7H,5,13-14H2;1H/t7-;/m0./s1. The smallest absolute Gasteiger partial charge is 0.329 e. The zero-order chi connectivity index (χ0) is 11.5. The maximum Gasteiger partial charge on any atom is 0.446 e. The zero-order valence-electron chi connectivity index (χ0n) is 8.20. The second-order valence-electron chi connectivity index (χ2n) is 2.93. The first-order chi connectivity index (χ1) is 6.94. The molecule has 1 aromatic rings. The van der Waals surface area contributed by atoms with Gasteiger partial charge in [0, 0.05) is 17.5 Å². The lowest BCUT2D eigenvalue weighted by Crippen LogP contribution is -2.21. The molecule has 0 radical (unpaired) electrons. The third-order valence-corrected chi connectivity index (χ3v) is 2.62. The normalized spacial score (nSPS) is 13.1. The summed E-state index contributed by atoms with van der Waals surface area (Å²) in [4.78, 5) is 0.114. The van der Waals surface area contributed by atoms with Crippen molar-refractivity contribution in [3.8, 4) is 0 Å². The average Bonchev–Trinajstić information content (AvgIpc) is 2.15. The molecule has 0 saturated carbocycles.